The fourth-order valence-electron chi connectivity index (χ4n) is 2.71. The monoisotopic (exact) mass is 380 g/mol. The molecular formula is C22H20O6. The fraction of sp³-hybridized carbons (Fsp3) is 0.182. The molecule has 0 aliphatic heterocycles. The summed E-state index contributed by atoms with van der Waals surface area (Å²) in [6, 6.07) is 11.9. The lowest BCUT2D eigenvalue weighted by atomic mass is 10.1. The van der Waals surface area contributed by atoms with Gasteiger partial charge in [0.2, 0.25) is 0 Å². The summed E-state index contributed by atoms with van der Waals surface area (Å²) in [6.45, 7) is 2.41. The Hall–Kier alpha value is -3.54. The van der Waals surface area contributed by atoms with Crippen LogP contribution in [0.3, 0.4) is 0 Å². The van der Waals surface area contributed by atoms with E-state index in [9.17, 15) is 9.59 Å². The third-order valence-electron chi connectivity index (χ3n) is 4.12. The van der Waals surface area contributed by atoms with Crippen LogP contribution in [-0.2, 0) is 0 Å². The number of allylic oxidation sites excluding steroid dienone is 1. The molecule has 3 rings (SSSR count). The van der Waals surface area contributed by atoms with Gasteiger partial charge in [-0.3, -0.25) is 4.79 Å². The van der Waals surface area contributed by atoms with Crippen molar-refractivity contribution in [1.29, 1.82) is 0 Å². The highest BCUT2D eigenvalue weighted by atomic mass is 16.5. The zero-order valence-corrected chi connectivity index (χ0v) is 15.9. The number of methoxy groups -OCH3 is 2. The van der Waals surface area contributed by atoms with Crippen molar-refractivity contribution in [2.24, 2.45) is 0 Å². The first-order valence-corrected chi connectivity index (χ1v) is 8.71. The third kappa shape index (κ3) is 4.06. The first kappa shape index (κ1) is 19.2. The lowest BCUT2D eigenvalue weighted by Gasteiger charge is -2.09. The van der Waals surface area contributed by atoms with E-state index in [-0.39, 0.29) is 5.56 Å². The lowest BCUT2D eigenvalue weighted by molar-refractivity contribution is 0.104. The molecule has 1 aromatic heterocycles. The minimum absolute atomic E-state index is 0.0354. The minimum atomic E-state index is -0.695. The molecule has 3 aromatic rings. The number of ether oxygens (including phenoxy) is 3. The third-order valence-corrected chi connectivity index (χ3v) is 4.12. The van der Waals surface area contributed by atoms with Crippen LogP contribution in [0.5, 0.6) is 17.2 Å². The topological polar surface area (TPSA) is 75.0 Å². The van der Waals surface area contributed by atoms with Crippen molar-refractivity contribution >= 4 is 22.8 Å². The maximum Gasteiger partial charge on any atom is 0.347 e. The first-order chi connectivity index (χ1) is 13.5. The van der Waals surface area contributed by atoms with Crippen molar-refractivity contribution in [2.75, 3.05) is 20.8 Å². The van der Waals surface area contributed by atoms with Gasteiger partial charge in [0, 0.05) is 11.5 Å². The molecule has 0 bridgehead atoms. The van der Waals surface area contributed by atoms with Crippen LogP contribution in [0.15, 0.2) is 57.8 Å². The Bertz CT molecular complexity index is 1090. The van der Waals surface area contributed by atoms with Gasteiger partial charge in [-0.2, -0.15) is 0 Å². The number of hydrogen-bond acceptors (Lipinski definition) is 6. The molecule has 6 nitrogen and oxygen atoms in total. The molecule has 144 valence electrons. The van der Waals surface area contributed by atoms with Crippen LogP contribution < -0.4 is 19.8 Å². The van der Waals surface area contributed by atoms with Crippen molar-refractivity contribution < 1.29 is 23.4 Å². The summed E-state index contributed by atoms with van der Waals surface area (Å²) in [6.07, 6.45) is 2.94. The summed E-state index contributed by atoms with van der Waals surface area (Å²) in [7, 11) is 3.07. The number of carbonyl (C=O) groups excluding carboxylic acids is 1. The summed E-state index contributed by atoms with van der Waals surface area (Å²) in [5, 5.41) is 0.639. The summed E-state index contributed by atoms with van der Waals surface area (Å²) < 4.78 is 21.1. The van der Waals surface area contributed by atoms with Crippen molar-refractivity contribution in [3.05, 3.63) is 70.1 Å². The van der Waals surface area contributed by atoms with Gasteiger partial charge in [-0.1, -0.05) is 12.1 Å². The second-order valence-corrected chi connectivity index (χ2v) is 5.89. The van der Waals surface area contributed by atoms with E-state index in [1.165, 1.54) is 19.3 Å². The standard InChI is InChI=1S/C22H20O6/c1-4-27-19-10-6-14(11-21(19)26-3)5-9-18(23)17-12-15-7-8-16(25-2)13-20(15)28-22(17)24/h5-13H,4H2,1-3H3. The molecule has 0 N–H and O–H groups in total. The SMILES string of the molecule is CCOc1ccc(C=CC(=O)c2cc3ccc(OC)cc3oc2=O)cc1OC. The highest BCUT2D eigenvalue weighted by Gasteiger charge is 2.12. The van der Waals surface area contributed by atoms with Crippen molar-refractivity contribution in [3.63, 3.8) is 0 Å². The second-order valence-electron chi connectivity index (χ2n) is 5.89. The van der Waals surface area contributed by atoms with Crippen molar-refractivity contribution in [3.8, 4) is 17.2 Å². The lowest BCUT2D eigenvalue weighted by Crippen LogP contribution is -2.11. The Morgan fingerprint density at radius 3 is 2.57 bits per heavy atom. The zero-order valence-electron chi connectivity index (χ0n) is 15.9. The highest BCUT2D eigenvalue weighted by Crippen LogP contribution is 2.28. The predicted octanol–water partition coefficient (Wildman–Crippen LogP) is 4.11. The van der Waals surface area contributed by atoms with Gasteiger partial charge in [-0.25, -0.2) is 4.79 Å². The molecule has 0 radical (unpaired) electrons. The molecule has 1 heterocycles. The van der Waals surface area contributed by atoms with Crippen LogP contribution >= 0.6 is 0 Å². The molecule has 0 fully saturated rings. The van der Waals surface area contributed by atoms with E-state index in [4.69, 9.17) is 18.6 Å². The van der Waals surface area contributed by atoms with E-state index in [1.807, 2.05) is 6.92 Å². The number of rotatable bonds is 7. The van der Waals surface area contributed by atoms with Crippen LogP contribution in [0.25, 0.3) is 17.0 Å². The number of ketones is 1. The van der Waals surface area contributed by atoms with Gasteiger partial charge in [0.15, 0.2) is 17.3 Å². The van der Waals surface area contributed by atoms with Crippen molar-refractivity contribution in [2.45, 2.75) is 6.92 Å². The Labute approximate surface area is 162 Å². The maximum absolute atomic E-state index is 12.5. The van der Waals surface area contributed by atoms with Gasteiger partial charge >= 0.3 is 5.63 Å². The molecule has 0 unspecified atom stereocenters. The van der Waals surface area contributed by atoms with Gasteiger partial charge in [0.1, 0.15) is 16.9 Å². The van der Waals surface area contributed by atoms with E-state index in [1.54, 1.807) is 49.6 Å². The van der Waals surface area contributed by atoms with Gasteiger partial charge in [0.25, 0.3) is 0 Å². The van der Waals surface area contributed by atoms with Gasteiger partial charge in [0.05, 0.1) is 20.8 Å². The molecule has 0 aliphatic carbocycles. The Morgan fingerprint density at radius 2 is 1.86 bits per heavy atom. The van der Waals surface area contributed by atoms with E-state index in [2.05, 4.69) is 0 Å². The van der Waals surface area contributed by atoms with Gasteiger partial charge < -0.3 is 18.6 Å². The van der Waals surface area contributed by atoms with E-state index >= 15 is 0 Å². The molecule has 0 saturated carbocycles. The number of hydrogen-bond donors (Lipinski definition) is 0. The highest BCUT2D eigenvalue weighted by molar-refractivity contribution is 6.07. The van der Waals surface area contributed by atoms with E-state index < -0.39 is 11.4 Å². The average Bonchev–Trinajstić information content (AvgIpc) is 2.71. The molecule has 28 heavy (non-hydrogen) atoms. The van der Waals surface area contributed by atoms with Gasteiger partial charge in [-0.15, -0.1) is 0 Å². The maximum atomic E-state index is 12.5. The Balaban J connectivity index is 1.88. The van der Waals surface area contributed by atoms with Crippen LogP contribution in [0, 0.1) is 0 Å². The van der Waals surface area contributed by atoms with Crippen molar-refractivity contribution in [1.82, 2.24) is 0 Å². The molecule has 0 saturated heterocycles. The molecule has 0 atom stereocenters. The molecule has 0 spiro atoms. The van der Waals surface area contributed by atoms with Crippen LogP contribution in [0.2, 0.25) is 0 Å². The second kappa shape index (κ2) is 8.43. The number of benzene rings is 2. The minimum Gasteiger partial charge on any atom is -0.497 e. The Morgan fingerprint density at radius 1 is 1.04 bits per heavy atom. The van der Waals surface area contributed by atoms with Gasteiger partial charge in [-0.05, 0) is 48.9 Å². The molecule has 2 aromatic carbocycles. The normalized spacial score (nSPS) is 11.0. The molecule has 0 amide bonds. The fourth-order valence-corrected chi connectivity index (χ4v) is 2.71. The number of carbonyl (C=O) groups is 1. The summed E-state index contributed by atoms with van der Waals surface area (Å²) in [5.41, 5.74) is 0.371. The summed E-state index contributed by atoms with van der Waals surface area (Å²) >= 11 is 0. The quantitative estimate of drug-likeness (QED) is 0.349. The largest absolute Gasteiger partial charge is 0.497 e. The summed E-state index contributed by atoms with van der Waals surface area (Å²) in [5.74, 6) is 1.31. The zero-order chi connectivity index (χ0) is 20.1. The predicted molar refractivity (Wildman–Crippen MR) is 107 cm³/mol. The summed E-state index contributed by atoms with van der Waals surface area (Å²) in [4.78, 5) is 24.7. The molecular weight excluding hydrogens is 360 g/mol. The van der Waals surface area contributed by atoms with Crippen LogP contribution in [-0.4, -0.2) is 26.6 Å². The van der Waals surface area contributed by atoms with E-state index in [0.717, 1.165) is 5.56 Å². The molecule has 0 aliphatic rings. The Kier molecular flexibility index (Phi) is 5.79. The van der Waals surface area contributed by atoms with E-state index in [0.29, 0.717) is 34.8 Å². The number of fused-ring (bicyclic) bond motifs is 1. The van der Waals surface area contributed by atoms with Crippen LogP contribution in [0.4, 0.5) is 0 Å². The first-order valence-electron chi connectivity index (χ1n) is 8.71. The van der Waals surface area contributed by atoms with Crippen LogP contribution in [0.1, 0.15) is 22.8 Å². The smallest absolute Gasteiger partial charge is 0.347 e. The molecule has 6 heteroatoms. The average molecular weight is 380 g/mol.